The Bertz CT molecular complexity index is 1280. The Hall–Kier alpha value is -4.53. The summed E-state index contributed by atoms with van der Waals surface area (Å²) in [6, 6.07) is 19.1. The zero-order valence-electron chi connectivity index (χ0n) is 18.7. The van der Waals surface area contributed by atoms with E-state index >= 15 is 0 Å². The molecule has 1 saturated heterocycles. The van der Waals surface area contributed by atoms with Gasteiger partial charge in [-0.3, -0.25) is 9.59 Å². The Labute approximate surface area is 200 Å². The van der Waals surface area contributed by atoms with Crippen LogP contribution in [0.3, 0.4) is 0 Å². The lowest BCUT2D eigenvalue weighted by Crippen LogP contribution is -2.34. The lowest BCUT2D eigenvalue weighted by Gasteiger charge is -2.15. The van der Waals surface area contributed by atoms with Gasteiger partial charge >= 0.3 is 5.97 Å². The van der Waals surface area contributed by atoms with Crippen LogP contribution in [-0.4, -0.2) is 37.7 Å². The molecule has 0 spiro atoms. The summed E-state index contributed by atoms with van der Waals surface area (Å²) in [5.41, 5.74) is 3.92. The zero-order chi connectivity index (χ0) is 24.8. The number of halogens is 1. The number of carbonyl (C=O) groups excluding carboxylic acids is 3. The molecule has 4 rings (SSSR count). The Kier molecular flexibility index (Phi) is 7.15. The van der Waals surface area contributed by atoms with Gasteiger partial charge in [-0.2, -0.15) is 5.10 Å². The monoisotopic (exact) mass is 475 g/mol. The molecule has 2 atom stereocenters. The standard InChI is InChI=1S/C26H22FN3O5/c1-34-22-12-16(10-11-21(22)35-26(33)18-8-5-9-19(27)13-18)14-29-30-25(32)23-20(15-28-24(23)31)17-6-3-2-4-7-17/h2-14,20,23H,15H2,1H3,(H,28,31)(H,30,32)/t20-,23-/m1/s1. The van der Waals surface area contributed by atoms with Crippen molar-refractivity contribution in [2.75, 3.05) is 13.7 Å². The Morgan fingerprint density at radius 1 is 1.06 bits per heavy atom. The molecule has 0 aromatic heterocycles. The molecule has 1 fully saturated rings. The maximum absolute atomic E-state index is 13.4. The van der Waals surface area contributed by atoms with Crippen molar-refractivity contribution in [1.82, 2.24) is 10.7 Å². The molecule has 35 heavy (non-hydrogen) atoms. The third kappa shape index (κ3) is 5.52. The Morgan fingerprint density at radius 2 is 1.86 bits per heavy atom. The second-order valence-corrected chi connectivity index (χ2v) is 7.78. The van der Waals surface area contributed by atoms with E-state index in [0.717, 1.165) is 11.6 Å². The highest BCUT2D eigenvalue weighted by Crippen LogP contribution is 2.30. The average Bonchev–Trinajstić information content (AvgIpc) is 3.26. The predicted molar refractivity (Wildman–Crippen MR) is 126 cm³/mol. The van der Waals surface area contributed by atoms with E-state index in [1.165, 1.54) is 37.6 Å². The van der Waals surface area contributed by atoms with E-state index in [4.69, 9.17) is 9.47 Å². The van der Waals surface area contributed by atoms with Gasteiger partial charge < -0.3 is 14.8 Å². The fourth-order valence-corrected chi connectivity index (χ4v) is 3.80. The van der Waals surface area contributed by atoms with Crippen LogP contribution in [0.1, 0.15) is 27.4 Å². The molecule has 8 nitrogen and oxygen atoms in total. The Morgan fingerprint density at radius 3 is 2.60 bits per heavy atom. The van der Waals surface area contributed by atoms with Gasteiger partial charge in [-0.05, 0) is 47.5 Å². The SMILES string of the molecule is COc1cc(C=NNC(=O)[C@H]2C(=O)NC[C@@H]2c2ccccc2)ccc1OC(=O)c1cccc(F)c1. The van der Waals surface area contributed by atoms with Crippen molar-refractivity contribution in [1.29, 1.82) is 0 Å². The molecule has 3 aromatic carbocycles. The maximum atomic E-state index is 13.4. The van der Waals surface area contributed by atoms with Crippen LogP contribution < -0.4 is 20.2 Å². The van der Waals surface area contributed by atoms with Gasteiger partial charge in [0.05, 0.1) is 18.9 Å². The zero-order valence-corrected chi connectivity index (χ0v) is 18.7. The highest BCUT2D eigenvalue weighted by atomic mass is 19.1. The summed E-state index contributed by atoms with van der Waals surface area (Å²) in [5.74, 6) is -2.96. The summed E-state index contributed by atoms with van der Waals surface area (Å²) in [7, 11) is 1.40. The fourth-order valence-electron chi connectivity index (χ4n) is 3.80. The maximum Gasteiger partial charge on any atom is 0.343 e. The smallest absolute Gasteiger partial charge is 0.343 e. The molecule has 0 aliphatic carbocycles. The number of esters is 1. The minimum Gasteiger partial charge on any atom is -0.493 e. The molecule has 1 aliphatic rings. The highest BCUT2D eigenvalue weighted by molar-refractivity contribution is 6.03. The first-order valence-corrected chi connectivity index (χ1v) is 10.8. The largest absolute Gasteiger partial charge is 0.493 e. The second kappa shape index (κ2) is 10.6. The number of nitrogens with one attached hydrogen (secondary N) is 2. The van der Waals surface area contributed by atoms with Gasteiger partial charge in [0.15, 0.2) is 11.5 Å². The molecule has 3 aromatic rings. The third-order valence-corrected chi connectivity index (χ3v) is 5.53. The van der Waals surface area contributed by atoms with Crippen LogP contribution in [0.4, 0.5) is 4.39 Å². The van der Waals surface area contributed by atoms with E-state index in [9.17, 15) is 18.8 Å². The van der Waals surface area contributed by atoms with Crippen molar-refractivity contribution in [2.24, 2.45) is 11.0 Å². The van der Waals surface area contributed by atoms with Crippen molar-refractivity contribution in [3.05, 3.63) is 95.3 Å². The van der Waals surface area contributed by atoms with Crippen molar-refractivity contribution >= 4 is 24.0 Å². The summed E-state index contributed by atoms with van der Waals surface area (Å²) in [6.45, 7) is 0.373. The van der Waals surface area contributed by atoms with Crippen molar-refractivity contribution < 1.29 is 28.2 Å². The number of hydrogen-bond acceptors (Lipinski definition) is 6. The van der Waals surface area contributed by atoms with Gasteiger partial charge in [0.1, 0.15) is 11.7 Å². The van der Waals surface area contributed by atoms with E-state index in [1.807, 2.05) is 30.3 Å². The minimum absolute atomic E-state index is 0.0603. The van der Waals surface area contributed by atoms with Crippen LogP contribution in [0.5, 0.6) is 11.5 Å². The number of methoxy groups -OCH3 is 1. The van der Waals surface area contributed by atoms with Crippen molar-refractivity contribution in [2.45, 2.75) is 5.92 Å². The molecule has 2 amide bonds. The van der Waals surface area contributed by atoms with E-state index in [1.54, 1.807) is 12.1 Å². The van der Waals surface area contributed by atoms with Crippen molar-refractivity contribution in [3.8, 4) is 11.5 Å². The lowest BCUT2D eigenvalue weighted by molar-refractivity contribution is -0.133. The molecule has 178 valence electrons. The van der Waals surface area contributed by atoms with E-state index in [0.29, 0.717) is 12.1 Å². The molecule has 9 heteroatoms. The average molecular weight is 475 g/mol. The number of ether oxygens (including phenoxy) is 2. The van der Waals surface area contributed by atoms with Gasteiger partial charge in [0, 0.05) is 12.5 Å². The number of carbonyl (C=O) groups is 3. The minimum atomic E-state index is -0.895. The van der Waals surface area contributed by atoms with E-state index in [-0.39, 0.29) is 28.9 Å². The van der Waals surface area contributed by atoms with Gasteiger partial charge in [-0.25, -0.2) is 14.6 Å². The van der Waals surface area contributed by atoms with Crippen LogP contribution in [0.25, 0.3) is 0 Å². The molecule has 0 bridgehead atoms. The highest BCUT2D eigenvalue weighted by Gasteiger charge is 2.40. The second-order valence-electron chi connectivity index (χ2n) is 7.78. The van der Waals surface area contributed by atoms with Crippen molar-refractivity contribution in [3.63, 3.8) is 0 Å². The topological polar surface area (TPSA) is 106 Å². The summed E-state index contributed by atoms with van der Waals surface area (Å²) in [4.78, 5) is 37.2. The first kappa shape index (κ1) is 23.6. The third-order valence-electron chi connectivity index (χ3n) is 5.53. The normalized spacial score (nSPS) is 17.1. The fraction of sp³-hybridized carbons (Fsp3) is 0.154. The number of amides is 2. The van der Waals surface area contributed by atoms with Gasteiger partial charge in [-0.1, -0.05) is 36.4 Å². The summed E-state index contributed by atoms with van der Waals surface area (Å²) >= 11 is 0. The predicted octanol–water partition coefficient (Wildman–Crippen LogP) is 3.03. The molecule has 1 aliphatic heterocycles. The van der Waals surface area contributed by atoms with Gasteiger partial charge in [0.2, 0.25) is 5.91 Å². The molecule has 0 radical (unpaired) electrons. The van der Waals surface area contributed by atoms with Crippen LogP contribution >= 0.6 is 0 Å². The van der Waals surface area contributed by atoms with Crippen LogP contribution in [-0.2, 0) is 9.59 Å². The number of nitrogens with zero attached hydrogens (tertiary/aromatic N) is 1. The Balaban J connectivity index is 1.42. The molecule has 0 unspecified atom stereocenters. The molecule has 0 saturated carbocycles. The van der Waals surface area contributed by atoms with Crippen LogP contribution in [0, 0.1) is 11.7 Å². The van der Waals surface area contributed by atoms with Gasteiger partial charge in [0.25, 0.3) is 5.91 Å². The molecule has 1 heterocycles. The first-order chi connectivity index (χ1) is 17.0. The number of benzene rings is 3. The molecular formula is C26H22FN3O5. The summed E-state index contributed by atoms with van der Waals surface area (Å²) in [6.07, 6.45) is 1.38. The number of hydrazone groups is 1. The van der Waals surface area contributed by atoms with Crippen LogP contribution in [0.2, 0.25) is 0 Å². The van der Waals surface area contributed by atoms with E-state index < -0.39 is 23.6 Å². The first-order valence-electron chi connectivity index (χ1n) is 10.8. The molecule has 2 N–H and O–H groups in total. The lowest BCUT2D eigenvalue weighted by atomic mass is 9.88. The quantitative estimate of drug-likeness (QED) is 0.180. The summed E-state index contributed by atoms with van der Waals surface area (Å²) < 4.78 is 24.0. The molecular weight excluding hydrogens is 453 g/mol. The van der Waals surface area contributed by atoms with Crippen LogP contribution in [0.15, 0.2) is 77.9 Å². The summed E-state index contributed by atoms with van der Waals surface area (Å²) in [5, 5.41) is 6.69. The number of rotatable bonds is 7. The van der Waals surface area contributed by atoms with E-state index in [2.05, 4.69) is 15.8 Å². The van der Waals surface area contributed by atoms with Gasteiger partial charge in [-0.15, -0.1) is 0 Å². The number of hydrogen-bond donors (Lipinski definition) is 2.